The van der Waals surface area contributed by atoms with E-state index in [1.807, 2.05) is 24.3 Å². The van der Waals surface area contributed by atoms with Gasteiger partial charge in [0.1, 0.15) is 18.2 Å². The molecule has 1 aliphatic heterocycles. The van der Waals surface area contributed by atoms with E-state index >= 15 is 0 Å². The number of carbonyl (C=O) groups excluding carboxylic acids is 2. The largest absolute Gasteiger partial charge is 0.383 e. The predicted octanol–water partition coefficient (Wildman–Crippen LogP) is 3.22. The van der Waals surface area contributed by atoms with Crippen LogP contribution in [-0.2, 0) is 11.3 Å². The van der Waals surface area contributed by atoms with Gasteiger partial charge in [-0.2, -0.15) is 0 Å². The lowest BCUT2D eigenvalue weighted by Crippen LogP contribution is -2.57. The van der Waals surface area contributed by atoms with Crippen LogP contribution in [0.5, 0.6) is 0 Å². The van der Waals surface area contributed by atoms with Crippen LogP contribution < -0.4 is 5.73 Å². The number of fused-ring (bicyclic) bond motifs is 2. The van der Waals surface area contributed by atoms with Gasteiger partial charge in [-0.3, -0.25) is 9.59 Å². The second kappa shape index (κ2) is 7.80. The van der Waals surface area contributed by atoms with Crippen molar-refractivity contribution >= 4 is 51.0 Å². The van der Waals surface area contributed by atoms with Crippen molar-refractivity contribution in [2.75, 3.05) is 18.8 Å². The third-order valence-corrected chi connectivity index (χ3v) is 6.30. The number of aromatic nitrogens is 3. The van der Waals surface area contributed by atoms with E-state index in [0.717, 1.165) is 27.4 Å². The molecule has 2 amide bonds. The highest BCUT2D eigenvalue weighted by Gasteiger charge is 2.34. The van der Waals surface area contributed by atoms with Gasteiger partial charge < -0.3 is 20.5 Å². The average molecular weight is 449 g/mol. The van der Waals surface area contributed by atoms with Crippen molar-refractivity contribution in [2.45, 2.75) is 19.5 Å². The molecule has 2 aromatic carbocycles. The fourth-order valence-electron chi connectivity index (χ4n) is 4.20. The van der Waals surface area contributed by atoms with Crippen molar-refractivity contribution in [1.29, 1.82) is 0 Å². The summed E-state index contributed by atoms with van der Waals surface area (Å²) in [5.41, 5.74) is 8.90. The van der Waals surface area contributed by atoms with Crippen LogP contribution in [0.3, 0.4) is 0 Å². The summed E-state index contributed by atoms with van der Waals surface area (Å²) in [6.07, 6.45) is 3.12. The van der Waals surface area contributed by atoms with Crippen molar-refractivity contribution in [1.82, 2.24) is 24.8 Å². The van der Waals surface area contributed by atoms with Crippen LogP contribution in [0.4, 0.5) is 5.82 Å². The van der Waals surface area contributed by atoms with E-state index in [-0.39, 0.29) is 11.8 Å². The minimum Gasteiger partial charge on any atom is -0.383 e. The van der Waals surface area contributed by atoms with Gasteiger partial charge in [-0.25, -0.2) is 9.97 Å². The zero-order valence-corrected chi connectivity index (χ0v) is 18.1. The summed E-state index contributed by atoms with van der Waals surface area (Å²) in [6.45, 7) is 3.12. The predicted molar refractivity (Wildman–Crippen MR) is 123 cm³/mol. The molecule has 1 unspecified atom stereocenters. The number of H-pyrrole nitrogens is 1. The minimum atomic E-state index is -0.558. The summed E-state index contributed by atoms with van der Waals surface area (Å²) in [7, 11) is 0. The third kappa shape index (κ3) is 3.42. The molecule has 2 aromatic heterocycles. The highest BCUT2D eigenvalue weighted by atomic mass is 35.5. The fraction of sp³-hybridized carbons (Fsp3) is 0.217. The molecule has 162 valence electrons. The number of aromatic amines is 1. The number of halogens is 1. The maximum Gasteiger partial charge on any atom is 0.254 e. The Morgan fingerprint density at radius 2 is 2.00 bits per heavy atom. The molecular formula is C23H21ClN6O2. The van der Waals surface area contributed by atoms with Gasteiger partial charge in [0.25, 0.3) is 5.91 Å². The summed E-state index contributed by atoms with van der Waals surface area (Å²) >= 11 is 6.13. The highest BCUT2D eigenvalue weighted by molar-refractivity contribution is 6.35. The van der Waals surface area contributed by atoms with Crippen LogP contribution in [0.1, 0.15) is 22.8 Å². The van der Waals surface area contributed by atoms with Crippen LogP contribution in [0.25, 0.3) is 21.8 Å². The number of amides is 2. The molecule has 0 radical (unpaired) electrons. The SMILES string of the molecule is CC1C(=O)N(Cc2ccc3c(N)ncnc3c2)CCN1C(=O)c1ccc2c(Cl)c[nH]c2c1. The van der Waals surface area contributed by atoms with Gasteiger partial charge in [0, 0.05) is 47.7 Å². The van der Waals surface area contributed by atoms with Gasteiger partial charge in [-0.15, -0.1) is 0 Å². The number of benzene rings is 2. The van der Waals surface area contributed by atoms with E-state index in [1.54, 1.807) is 35.1 Å². The number of carbonyl (C=O) groups is 2. The summed E-state index contributed by atoms with van der Waals surface area (Å²) in [6, 6.07) is 10.5. The maximum atomic E-state index is 13.1. The molecule has 1 saturated heterocycles. The van der Waals surface area contributed by atoms with Crippen molar-refractivity contribution < 1.29 is 9.59 Å². The normalized spacial score (nSPS) is 16.8. The number of nitrogens with one attached hydrogen (secondary N) is 1. The first-order valence-corrected chi connectivity index (χ1v) is 10.7. The van der Waals surface area contributed by atoms with E-state index in [2.05, 4.69) is 15.0 Å². The molecule has 1 fully saturated rings. The van der Waals surface area contributed by atoms with Crippen LogP contribution in [0.2, 0.25) is 5.02 Å². The first-order valence-electron chi connectivity index (χ1n) is 10.3. The monoisotopic (exact) mass is 448 g/mol. The second-order valence-corrected chi connectivity index (χ2v) is 8.35. The number of hydrogen-bond donors (Lipinski definition) is 2. The summed E-state index contributed by atoms with van der Waals surface area (Å²) in [4.78, 5) is 40.9. The molecule has 1 aliphatic rings. The number of nitrogens with two attached hydrogens (primary N) is 1. The zero-order valence-electron chi connectivity index (χ0n) is 17.4. The van der Waals surface area contributed by atoms with Gasteiger partial charge in [0.2, 0.25) is 5.91 Å². The Morgan fingerprint density at radius 3 is 2.84 bits per heavy atom. The van der Waals surface area contributed by atoms with Crippen LogP contribution >= 0.6 is 11.6 Å². The van der Waals surface area contributed by atoms with E-state index in [1.165, 1.54) is 6.33 Å². The average Bonchev–Trinajstić information content (AvgIpc) is 3.17. The van der Waals surface area contributed by atoms with E-state index in [9.17, 15) is 9.59 Å². The zero-order chi connectivity index (χ0) is 22.4. The first kappa shape index (κ1) is 20.3. The lowest BCUT2D eigenvalue weighted by molar-refractivity contribution is -0.140. The topological polar surface area (TPSA) is 108 Å². The van der Waals surface area contributed by atoms with Crippen LogP contribution in [0.15, 0.2) is 48.9 Å². The molecule has 5 rings (SSSR count). The summed E-state index contributed by atoms with van der Waals surface area (Å²) in [5, 5.41) is 2.25. The highest BCUT2D eigenvalue weighted by Crippen LogP contribution is 2.25. The van der Waals surface area contributed by atoms with Crippen molar-refractivity contribution in [2.24, 2.45) is 0 Å². The number of nitrogens with zero attached hydrogens (tertiary/aromatic N) is 4. The maximum absolute atomic E-state index is 13.1. The molecule has 9 heteroatoms. The van der Waals surface area contributed by atoms with Gasteiger partial charge >= 0.3 is 0 Å². The fourth-order valence-corrected chi connectivity index (χ4v) is 4.42. The number of nitrogen functional groups attached to an aromatic ring is 1. The molecular weight excluding hydrogens is 428 g/mol. The molecule has 0 bridgehead atoms. The molecule has 3 N–H and O–H groups in total. The Bertz CT molecular complexity index is 1370. The molecule has 1 atom stereocenters. The Morgan fingerprint density at radius 1 is 1.19 bits per heavy atom. The number of piperazine rings is 1. The molecule has 0 spiro atoms. The number of anilines is 1. The Hall–Kier alpha value is -3.65. The van der Waals surface area contributed by atoms with Crippen LogP contribution in [0, 0.1) is 0 Å². The molecule has 4 aromatic rings. The lowest BCUT2D eigenvalue weighted by Gasteiger charge is -2.39. The first-order chi connectivity index (χ1) is 15.4. The number of rotatable bonds is 3. The molecule has 0 saturated carbocycles. The summed E-state index contributed by atoms with van der Waals surface area (Å²) < 4.78 is 0. The van der Waals surface area contributed by atoms with Gasteiger partial charge in [-0.05, 0) is 36.8 Å². The Balaban J connectivity index is 1.32. The lowest BCUT2D eigenvalue weighted by atomic mass is 10.1. The molecule has 8 nitrogen and oxygen atoms in total. The van der Waals surface area contributed by atoms with Crippen molar-refractivity contribution in [3.63, 3.8) is 0 Å². The van der Waals surface area contributed by atoms with E-state index in [4.69, 9.17) is 17.3 Å². The van der Waals surface area contributed by atoms with Crippen molar-refractivity contribution in [3.8, 4) is 0 Å². The Kier molecular flexibility index (Phi) is 4.94. The van der Waals surface area contributed by atoms with Crippen molar-refractivity contribution in [3.05, 3.63) is 65.1 Å². The van der Waals surface area contributed by atoms with Crippen LogP contribution in [-0.4, -0.2) is 55.7 Å². The van der Waals surface area contributed by atoms with Gasteiger partial charge in [0.15, 0.2) is 0 Å². The van der Waals surface area contributed by atoms with Gasteiger partial charge in [0.05, 0.1) is 10.5 Å². The van der Waals surface area contributed by atoms with E-state index in [0.29, 0.717) is 36.0 Å². The number of hydrogen-bond acceptors (Lipinski definition) is 5. The Labute approximate surface area is 189 Å². The molecule has 0 aliphatic carbocycles. The third-order valence-electron chi connectivity index (χ3n) is 5.99. The van der Waals surface area contributed by atoms with Gasteiger partial charge in [-0.1, -0.05) is 23.7 Å². The van der Waals surface area contributed by atoms with E-state index < -0.39 is 6.04 Å². The quantitative estimate of drug-likeness (QED) is 0.500. The minimum absolute atomic E-state index is 0.0871. The molecule has 32 heavy (non-hydrogen) atoms. The summed E-state index contributed by atoms with van der Waals surface area (Å²) in [5.74, 6) is 0.171. The smallest absolute Gasteiger partial charge is 0.254 e. The standard InChI is InChI=1S/C23H21ClN6O2/c1-13-22(31)29(11-14-2-4-17-19(8-14)27-12-28-21(17)25)6-7-30(13)23(32)15-3-5-16-18(24)10-26-20(16)9-15/h2-5,8-10,12-13,26H,6-7,11H2,1H3,(H2,25,27,28). The molecule has 3 heterocycles. The second-order valence-electron chi connectivity index (χ2n) is 7.94.